The van der Waals surface area contributed by atoms with E-state index in [-0.39, 0.29) is 21.7 Å². The number of hydrogen-bond acceptors (Lipinski definition) is 4. The highest BCUT2D eigenvalue weighted by atomic mass is 32.2. The predicted molar refractivity (Wildman–Crippen MR) is 81.0 cm³/mol. The maximum atomic E-state index is 12.0. The van der Waals surface area contributed by atoms with Crippen LogP contribution in [0.2, 0.25) is 0 Å². The lowest BCUT2D eigenvalue weighted by Crippen LogP contribution is -2.32. The van der Waals surface area contributed by atoms with Crippen LogP contribution in [-0.4, -0.2) is 35.7 Å². The third-order valence-corrected chi connectivity index (χ3v) is 5.55. The van der Waals surface area contributed by atoms with Gasteiger partial charge in [-0.2, -0.15) is 0 Å². The summed E-state index contributed by atoms with van der Waals surface area (Å²) in [6.45, 7) is 1.84. The molecule has 0 amide bonds. The van der Waals surface area contributed by atoms with E-state index in [2.05, 4.69) is 4.72 Å². The Bertz CT molecular complexity index is 582. The van der Waals surface area contributed by atoms with E-state index in [9.17, 15) is 12.6 Å². The SMILES string of the molecule is CC(CNS(=O)(=O)c1ccc(C(N)=S)cc1)S(C)=O. The Labute approximate surface area is 121 Å². The molecule has 1 aromatic carbocycles. The predicted octanol–water partition coefficient (Wildman–Crippen LogP) is 0.366. The van der Waals surface area contributed by atoms with Gasteiger partial charge in [-0.15, -0.1) is 0 Å². The lowest BCUT2D eigenvalue weighted by atomic mass is 10.2. The van der Waals surface area contributed by atoms with Gasteiger partial charge in [-0.1, -0.05) is 24.4 Å². The van der Waals surface area contributed by atoms with Crippen LogP contribution < -0.4 is 10.5 Å². The highest BCUT2D eigenvalue weighted by molar-refractivity contribution is 7.89. The number of hydrogen-bond donors (Lipinski definition) is 2. The Morgan fingerprint density at radius 2 is 1.95 bits per heavy atom. The number of rotatable bonds is 6. The molecule has 0 aliphatic carbocycles. The standard InChI is InChI=1S/C11H16N2O3S3/c1-8(18(2)14)7-13-19(15,16)10-5-3-9(4-6-10)11(12)17/h3-6,8,13H,7H2,1-2H3,(H2,12,17). The topological polar surface area (TPSA) is 89.3 Å². The van der Waals surface area contributed by atoms with Gasteiger partial charge in [0.2, 0.25) is 10.0 Å². The smallest absolute Gasteiger partial charge is 0.240 e. The van der Waals surface area contributed by atoms with Crippen LogP contribution in [0.3, 0.4) is 0 Å². The molecule has 0 bridgehead atoms. The summed E-state index contributed by atoms with van der Waals surface area (Å²) in [5.74, 6) is 0. The average Bonchev–Trinajstić information content (AvgIpc) is 2.36. The van der Waals surface area contributed by atoms with Gasteiger partial charge in [0.05, 0.1) is 4.90 Å². The van der Waals surface area contributed by atoms with Crippen molar-refractivity contribution in [2.75, 3.05) is 12.8 Å². The van der Waals surface area contributed by atoms with Crippen molar-refractivity contribution < 1.29 is 12.6 Å². The van der Waals surface area contributed by atoms with Crippen molar-refractivity contribution in [3.8, 4) is 0 Å². The first kappa shape index (κ1) is 16.2. The van der Waals surface area contributed by atoms with Gasteiger partial charge in [0.15, 0.2) is 0 Å². The molecular weight excluding hydrogens is 304 g/mol. The van der Waals surface area contributed by atoms with Gasteiger partial charge in [0, 0.05) is 34.4 Å². The minimum Gasteiger partial charge on any atom is -0.389 e. The summed E-state index contributed by atoms with van der Waals surface area (Å²) in [4.78, 5) is 0.341. The van der Waals surface area contributed by atoms with Crippen LogP contribution in [0.5, 0.6) is 0 Å². The fourth-order valence-corrected chi connectivity index (χ4v) is 2.92. The Morgan fingerprint density at radius 1 is 1.42 bits per heavy atom. The third kappa shape index (κ3) is 4.64. The maximum Gasteiger partial charge on any atom is 0.240 e. The maximum absolute atomic E-state index is 12.0. The van der Waals surface area contributed by atoms with Gasteiger partial charge in [-0.25, -0.2) is 13.1 Å². The minimum absolute atomic E-state index is 0.126. The van der Waals surface area contributed by atoms with Crippen LogP contribution in [-0.2, 0) is 20.8 Å². The second-order valence-corrected chi connectivity index (χ2v) is 8.06. The summed E-state index contributed by atoms with van der Waals surface area (Å²) in [7, 11) is -4.67. The zero-order valence-corrected chi connectivity index (χ0v) is 13.1. The van der Waals surface area contributed by atoms with Crippen LogP contribution in [0.25, 0.3) is 0 Å². The molecule has 5 nitrogen and oxygen atoms in total. The fraction of sp³-hybridized carbons (Fsp3) is 0.364. The Hall–Kier alpha value is -0.830. The molecule has 106 valence electrons. The van der Waals surface area contributed by atoms with Crippen LogP contribution >= 0.6 is 12.2 Å². The molecule has 3 N–H and O–H groups in total. The molecule has 0 radical (unpaired) electrons. The largest absolute Gasteiger partial charge is 0.389 e. The van der Waals surface area contributed by atoms with E-state index in [0.29, 0.717) is 5.56 Å². The van der Waals surface area contributed by atoms with Crippen molar-refractivity contribution in [2.24, 2.45) is 5.73 Å². The van der Waals surface area contributed by atoms with Gasteiger partial charge in [-0.3, -0.25) is 4.21 Å². The molecule has 1 rings (SSSR count). The van der Waals surface area contributed by atoms with E-state index < -0.39 is 20.8 Å². The number of thiocarbonyl (C=S) groups is 1. The van der Waals surface area contributed by atoms with Crippen LogP contribution in [0.1, 0.15) is 12.5 Å². The first-order chi connectivity index (χ1) is 8.74. The highest BCUT2D eigenvalue weighted by Gasteiger charge is 2.16. The van der Waals surface area contributed by atoms with Crippen LogP contribution in [0.4, 0.5) is 0 Å². The third-order valence-electron chi connectivity index (χ3n) is 2.58. The van der Waals surface area contributed by atoms with E-state index in [1.165, 1.54) is 18.4 Å². The van der Waals surface area contributed by atoms with Crippen LogP contribution in [0.15, 0.2) is 29.2 Å². The number of nitrogens with one attached hydrogen (secondary N) is 1. The van der Waals surface area contributed by atoms with Gasteiger partial charge in [-0.05, 0) is 19.1 Å². The molecule has 8 heteroatoms. The molecule has 2 unspecified atom stereocenters. The molecule has 2 atom stereocenters. The summed E-state index contributed by atoms with van der Waals surface area (Å²) < 4.78 is 37.5. The average molecular weight is 320 g/mol. The molecule has 0 aliphatic heterocycles. The number of benzene rings is 1. The molecule has 1 aromatic rings. The van der Waals surface area contributed by atoms with E-state index in [1.54, 1.807) is 19.1 Å². The molecule has 19 heavy (non-hydrogen) atoms. The summed E-state index contributed by atoms with van der Waals surface area (Å²) in [6.07, 6.45) is 1.54. The van der Waals surface area contributed by atoms with Crippen molar-refractivity contribution >= 4 is 38.0 Å². The molecule has 0 aromatic heterocycles. The zero-order chi connectivity index (χ0) is 14.6. The number of nitrogens with two attached hydrogens (primary N) is 1. The van der Waals surface area contributed by atoms with E-state index >= 15 is 0 Å². The van der Waals surface area contributed by atoms with Gasteiger partial charge >= 0.3 is 0 Å². The molecular formula is C11H16N2O3S3. The second kappa shape index (κ2) is 6.56. The summed E-state index contributed by atoms with van der Waals surface area (Å²) in [5.41, 5.74) is 6.05. The van der Waals surface area contributed by atoms with Gasteiger partial charge in [0.1, 0.15) is 4.99 Å². The van der Waals surface area contributed by atoms with E-state index in [0.717, 1.165) is 0 Å². The van der Waals surface area contributed by atoms with Gasteiger partial charge < -0.3 is 5.73 Å². The molecule has 0 saturated carbocycles. The summed E-state index contributed by atoms with van der Waals surface area (Å²) in [5, 5.41) is -0.245. The molecule has 0 fully saturated rings. The Balaban J connectivity index is 2.83. The number of sulfonamides is 1. The van der Waals surface area contributed by atoms with Gasteiger partial charge in [0.25, 0.3) is 0 Å². The normalized spacial score (nSPS) is 14.8. The summed E-state index contributed by atoms with van der Waals surface area (Å²) in [6, 6.07) is 5.98. The van der Waals surface area contributed by atoms with Crippen LogP contribution in [0, 0.1) is 0 Å². The molecule has 0 heterocycles. The quantitative estimate of drug-likeness (QED) is 0.739. The minimum atomic E-state index is -3.60. The van der Waals surface area contributed by atoms with Crippen molar-refractivity contribution in [3.05, 3.63) is 29.8 Å². The first-order valence-corrected chi connectivity index (χ1v) is 8.97. The molecule has 0 spiro atoms. The second-order valence-electron chi connectivity index (χ2n) is 4.05. The Kier molecular flexibility index (Phi) is 5.60. The highest BCUT2D eigenvalue weighted by Crippen LogP contribution is 2.10. The zero-order valence-electron chi connectivity index (χ0n) is 10.6. The monoisotopic (exact) mass is 320 g/mol. The van der Waals surface area contributed by atoms with Crippen molar-refractivity contribution in [2.45, 2.75) is 17.1 Å². The first-order valence-electron chi connectivity index (χ1n) is 5.46. The molecule has 0 saturated heterocycles. The van der Waals surface area contributed by atoms with Crippen molar-refractivity contribution in [1.29, 1.82) is 0 Å². The lowest BCUT2D eigenvalue weighted by Gasteiger charge is -2.11. The Morgan fingerprint density at radius 3 is 2.37 bits per heavy atom. The van der Waals surface area contributed by atoms with Crippen molar-refractivity contribution in [3.63, 3.8) is 0 Å². The van der Waals surface area contributed by atoms with E-state index in [4.69, 9.17) is 18.0 Å². The van der Waals surface area contributed by atoms with Crippen molar-refractivity contribution in [1.82, 2.24) is 4.72 Å². The van der Waals surface area contributed by atoms with E-state index in [1.807, 2.05) is 0 Å². The summed E-state index contributed by atoms with van der Waals surface area (Å²) >= 11 is 4.79. The lowest BCUT2D eigenvalue weighted by molar-refractivity contribution is 0.580. The fourth-order valence-electron chi connectivity index (χ4n) is 1.23. The molecule has 0 aliphatic rings.